The Hall–Kier alpha value is -0.890. The molecule has 0 aliphatic carbocycles. The zero-order valence-electron chi connectivity index (χ0n) is 14.1. The molecular formula is C15H30N4O3. The van der Waals surface area contributed by atoms with Gasteiger partial charge >= 0.3 is 6.09 Å². The van der Waals surface area contributed by atoms with Crippen molar-refractivity contribution in [2.24, 2.45) is 0 Å². The molecule has 2 heterocycles. The van der Waals surface area contributed by atoms with E-state index >= 15 is 0 Å². The number of piperazine rings is 2. The van der Waals surface area contributed by atoms with Crippen LogP contribution in [-0.2, 0) is 4.74 Å². The maximum absolute atomic E-state index is 12.1. The summed E-state index contributed by atoms with van der Waals surface area (Å²) in [6, 6.07) is 0. The predicted octanol–water partition coefficient (Wildman–Crippen LogP) is 0.0640. The second kappa shape index (κ2) is 7.59. The van der Waals surface area contributed by atoms with E-state index in [2.05, 4.69) is 14.9 Å². The van der Waals surface area contributed by atoms with E-state index in [9.17, 15) is 4.79 Å². The predicted molar refractivity (Wildman–Crippen MR) is 84.5 cm³/mol. The zero-order valence-corrected chi connectivity index (χ0v) is 14.1. The van der Waals surface area contributed by atoms with Crippen LogP contribution >= 0.6 is 0 Å². The fourth-order valence-electron chi connectivity index (χ4n) is 2.87. The van der Waals surface area contributed by atoms with Crippen LogP contribution in [0.5, 0.6) is 0 Å². The number of aliphatic hydroxyl groups excluding tert-OH is 1. The van der Waals surface area contributed by atoms with Crippen LogP contribution in [-0.4, -0.2) is 102 Å². The van der Waals surface area contributed by atoms with Gasteiger partial charge in [0.05, 0.1) is 6.61 Å². The molecule has 7 heteroatoms. The molecular weight excluding hydrogens is 284 g/mol. The van der Waals surface area contributed by atoms with Gasteiger partial charge in [0.15, 0.2) is 0 Å². The summed E-state index contributed by atoms with van der Waals surface area (Å²) >= 11 is 0. The lowest BCUT2D eigenvalue weighted by Gasteiger charge is -2.44. The Morgan fingerprint density at radius 2 is 1.45 bits per heavy atom. The van der Waals surface area contributed by atoms with Gasteiger partial charge in [-0.2, -0.15) is 0 Å². The molecule has 0 unspecified atom stereocenters. The van der Waals surface area contributed by atoms with Gasteiger partial charge < -0.3 is 14.7 Å². The Morgan fingerprint density at radius 1 is 0.955 bits per heavy atom. The fraction of sp³-hybridized carbons (Fsp3) is 0.933. The lowest BCUT2D eigenvalue weighted by molar-refractivity contribution is -0.0832. The van der Waals surface area contributed by atoms with Gasteiger partial charge in [-0.05, 0) is 20.8 Å². The molecule has 0 aromatic carbocycles. The number of rotatable bonds is 3. The molecule has 2 saturated heterocycles. The number of hydrogen-bond acceptors (Lipinski definition) is 6. The van der Waals surface area contributed by atoms with Crippen LogP contribution in [0, 0.1) is 0 Å². The van der Waals surface area contributed by atoms with Gasteiger partial charge in [-0.1, -0.05) is 0 Å². The molecule has 0 radical (unpaired) electrons. The summed E-state index contributed by atoms with van der Waals surface area (Å²) in [7, 11) is 0. The third kappa shape index (κ3) is 5.08. The molecule has 22 heavy (non-hydrogen) atoms. The second-order valence-electron chi connectivity index (χ2n) is 6.94. The van der Waals surface area contributed by atoms with E-state index in [1.165, 1.54) is 0 Å². The number of carbonyl (C=O) groups excluding carboxylic acids is 1. The van der Waals surface area contributed by atoms with Crippen molar-refractivity contribution < 1.29 is 14.6 Å². The minimum Gasteiger partial charge on any atom is -0.444 e. The van der Waals surface area contributed by atoms with Crippen LogP contribution in [0.4, 0.5) is 4.79 Å². The van der Waals surface area contributed by atoms with Crippen molar-refractivity contribution in [3.8, 4) is 0 Å². The summed E-state index contributed by atoms with van der Waals surface area (Å²) in [5.74, 6) is 0. The Labute approximate surface area is 133 Å². The van der Waals surface area contributed by atoms with Crippen LogP contribution in [0.3, 0.4) is 0 Å². The van der Waals surface area contributed by atoms with Crippen molar-refractivity contribution in [1.29, 1.82) is 0 Å². The van der Waals surface area contributed by atoms with Crippen LogP contribution in [0.25, 0.3) is 0 Å². The van der Waals surface area contributed by atoms with E-state index in [-0.39, 0.29) is 12.7 Å². The van der Waals surface area contributed by atoms with Crippen molar-refractivity contribution in [1.82, 2.24) is 19.8 Å². The third-order valence-electron chi connectivity index (χ3n) is 4.07. The number of amides is 1. The van der Waals surface area contributed by atoms with Gasteiger partial charge in [-0.15, -0.1) is 0 Å². The first-order valence-corrected chi connectivity index (χ1v) is 8.20. The van der Waals surface area contributed by atoms with Crippen molar-refractivity contribution in [3.05, 3.63) is 0 Å². The number of carbonyl (C=O) groups is 1. The number of hydrogen-bond donors (Lipinski definition) is 1. The number of hydrazine groups is 1. The molecule has 2 aliphatic heterocycles. The molecule has 128 valence electrons. The Balaban J connectivity index is 1.72. The van der Waals surface area contributed by atoms with E-state index in [1.807, 2.05) is 20.8 Å². The van der Waals surface area contributed by atoms with E-state index in [0.29, 0.717) is 13.1 Å². The van der Waals surface area contributed by atoms with Crippen LogP contribution in [0.2, 0.25) is 0 Å². The molecule has 2 aliphatic rings. The Bertz CT molecular complexity index is 356. The Kier molecular flexibility index (Phi) is 6.02. The highest BCUT2D eigenvalue weighted by atomic mass is 16.6. The number of nitrogens with zero attached hydrogens (tertiary/aromatic N) is 4. The Morgan fingerprint density at radius 3 is 1.91 bits per heavy atom. The lowest BCUT2D eigenvalue weighted by Crippen LogP contribution is -2.59. The van der Waals surface area contributed by atoms with Gasteiger partial charge in [0.25, 0.3) is 0 Å². The van der Waals surface area contributed by atoms with Crippen molar-refractivity contribution >= 4 is 6.09 Å². The molecule has 2 fully saturated rings. The average molecular weight is 314 g/mol. The molecule has 0 saturated carbocycles. The number of ether oxygens (including phenoxy) is 1. The molecule has 7 nitrogen and oxygen atoms in total. The first-order chi connectivity index (χ1) is 10.4. The highest BCUT2D eigenvalue weighted by Gasteiger charge is 2.29. The first kappa shape index (κ1) is 17.5. The average Bonchev–Trinajstić information content (AvgIpc) is 2.47. The molecule has 0 spiro atoms. The minimum atomic E-state index is -0.433. The topological polar surface area (TPSA) is 59.5 Å². The maximum Gasteiger partial charge on any atom is 0.410 e. The van der Waals surface area contributed by atoms with Gasteiger partial charge in [0, 0.05) is 58.9 Å². The fourth-order valence-corrected chi connectivity index (χ4v) is 2.87. The molecule has 1 N–H and O–H groups in total. The van der Waals surface area contributed by atoms with E-state index < -0.39 is 5.60 Å². The number of aliphatic hydroxyl groups is 1. The standard InChI is InChI=1S/C15H30N4O3/c1-15(2,3)22-14(21)17-6-10-19(11-7-17)18-8-4-16(5-9-18)12-13-20/h20H,4-13H2,1-3H3. The third-order valence-corrected chi connectivity index (χ3v) is 4.07. The summed E-state index contributed by atoms with van der Waals surface area (Å²) in [5, 5.41) is 13.7. The molecule has 0 aromatic heterocycles. The molecule has 0 atom stereocenters. The summed E-state index contributed by atoms with van der Waals surface area (Å²) < 4.78 is 5.42. The molecule has 0 bridgehead atoms. The first-order valence-electron chi connectivity index (χ1n) is 8.20. The van der Waals surface area contributed by atoms with Crippen molar-refractivity contribution in [2.75, 3.05) is 65.5 Å². The summed E-state index contributed by atoms with van der Waals surface area (Å²) in [6.07, 6.45) is -0.208. The number of β-amino-alcohol motifs (C(OH)–C–C–N with tert-alkyl or cyclic N) is 1. The zero-order chi connectivity index (χ0) is 16.2. The largest absolute Gasteiger partial charge is 0.444 e. The van der Waals surface area contributed by atoms with Crippen LogP contribution < -0.4 is 0 Å². The SMILES string of the molecule is CC(C)(C)OC(=O)N1CCN(N2CCN(CCO)CC2)CC1. The quantitative estimate of drug-likeness (QED) is 0.795. The molecule has 1 amide bonds. The lowest BCUT2D eigenvalue weighted by atomic mass is 10.2. The van der Waals surface area contributed by atoms with E-state index in [0.717, 1.165) is 45.8 Å². The van der Waals surface area contributed by atoms with E-state index in [4.69, 9.17) is 9.84 Å². The van der Waals surface area contributed by atoms with Gasteiger partial charge in [-0.3, -0.25) is 4.90 Å². The van der Waals surface area contributed by atoms with Crippen molar-refractivity contribution in [2.45, 2.75) is 26.4 Å². The highest BCUT2D eigenvalue weighted by Crippen LogP contribution is 2.13. The van der Waals surface area contributed by atoms with Gasteiger partial charge in [0.2, 0.25) is 0 Å². The van der Waals surface area contributed by atoms with Gasteiger partial charge in [-0.25, -0.2) is 14.8 Å². The van der Waals surface area contributed by atoms with Crippen molar-refractivity contribution in [3.63, 3.8) is 0 Å². The van der Waals surface area contributed by atoms with Crippen LogP contribution in [0.15, 0.2) is 0 Å². The molecule has 2 rings (SSSR count). The van der Waals surface area contributed by atoms with Gasteiger partial charge in [0.1, 0.15) is 5.60 Å². The van der Waals surface area contributed by atoms with Crippen LogP contribution in [0.1, 0.15) is 20.8 Å². The van der Waals surface area contributed by atoms with E-state index in [1.54, 1.807) is 4.90 Å². The highest BCUT2D eigenvalue weighted by molar-refractivity contribution is 5.68. The molecule has 0 aromatic rings. The second-order valence-corrected chi connectivity index (χ2v) is 6.94. The minimum absolute atomic E-state index is 0.208. The smallest absolute Gasteiger partial charge is 0.410 e. The summed E-state index contributed by atoms with van der Waals surface area (Å²) in [4.78, 5) is 16.1. The maximum atomic E-state index is 12.1. The monoisotopic (exact) mass is 314 g/mol. The normalized spacial score (nSPS) is 22.8. The summed E-state index contributed by atoms with van der Waals surface area (Å²) in [5.41, 5.74) is -0.433. The summed E-state index contributed by atoms with van der Waals surface area (Å²) in [6.45, 7) is 13.8.